The molecule has 0 saturated carbocycles. The van der Waals surface area contributed by atoms with E-state index in [2.05, 4.69) is 0 Å². The van der Waals surface area contributed by atoms with Crippen LogP contribution in [0.2, 0.25) is 0 Å². The highest BCUT2D eigenvalue weighted by Gasteiger charge is 2.56. The largest absolute Gasteiger partial charge is 0.497 e. The summed E-state index contributed by atoms with van der Waals surface area (Å²) in [5.74, 6) is -0.123. The minimum atomic E-state index is -1.89. The summed E-state index contributed by atoms with van der Waals surface area (Å²) < 4.78 is 12.1. The average molecular weight is 511 g/mol. The topological polar surface area (TPSA) is 52.6 Å². The molecule has 0 spiro atoms. The van der Waals surface area contributed by atoms with Crippen molar-refractivity contribution in [3.8, 4) is 5.75 Å². The maximum absolute atomic E-state index is 14.5. The molecule has 1 aliphatic rings. The van der Waals surface area contributed by atoms with Crippen LogP contribution in [0, 0.1) is 0 Å². The fourth-order valence-corrected chi connectivity index (χ4v) is 5.32. The predicted molar refractivity (Wildman–Crippen MR) is 153 cm³/mol. The molecule has 0 bridgehead atoms. The maximum Gasteiger partial charge on any atom is 0.220 e. The molecule has 0 amide bonds. The third-order valence-corrected chi connectivity index (χ3v) is 7.24. The molecule has 5 aromatic carbocycles. The molecule has 0 fully saturated rings. The molecule has 0 saturated heterocycles. The molecule has 4 nitrogen and oxygen atoms in total. The Labute approximate surface area is 227 Å². The van der Waals surface area contributed by atoms with E-state index in [-0.39, 0.29) is 0 Å². The average Bonchev–Trinajstić information content (AvgIpc) is 3.42. The number of Topliss-reactive ketones (excluding diaryl/α,β-unsaturated/α-hetero) is 2. The highest BCUT2D eigenvalue weighted by molar-refractivity contribution is 6.31. The van der Waals surface area contributed by atoms with Crippen LogP contribution in [0.4, 0.5) is 0 Å². The van der Waals surface area contributed by atoms with E-state index in [1.807, 2.05) is 84.9 Å². The summed E-state index contributed by atoms with van der Waals surface area (Å²) in [6.45, 7) is 0. The standard InChI is InChI=1S/C35H26O4/c1-38-28-21-19-25(20-22-28)31-23-32(30-18-10-16-24-11-8-9-17-29(24)30)39-35(31,33(36)26-12-4-2-5-13-26)34(37)27-14-6-3-7-15-27/h2-23,32H,1H3/t32-/m1/s1. The van der Waals surface area contributed by atoms with E-state index in [1.54, 1.807) is 55.6 Å². The minimum absolute atomic E-state index is 0.401. The van der Waals surface area contributed by atoms with Crippen LogP contribution in [0.3, 0.4) is 0 Å². The van der Waals surface area contributed by atoms with Crippen LogP contribution in [0.15, 0.2) is 133 Å². The van der Waals surface area contributed by atoms with Crippen molar-refractivity contribution in [2.45, 2.75) is 11.7 Å². The highest BCUT2D eigenvalue weighted by Crippen LogP contribution is 2.48. The molecular formula is C35H26O4. The van der Waals surface area contributed by atoms with Gasteiger partial charge in [-0.25, -0.2) is 0 Å². The number of hydrogen-bond acceptors (Lipinski definition) is 4. The van der Waals surface area contributed by atoms with E-state index in [9.17, 15) is 9.59 Å². The Morgan fingerprint density at radius 1 is 0.667 bits per heavy atom. The lowest BCUT2D eigenvalue weighted by Crippen LogP contribution is -2.48. The van der Waals surface area contributed by atoms with Crippen molar-refractivity contribution >= 4 is 27.9 Å². The van der Waals surface area contributed by atoms with Gasteiger partial charge in [-0.15, -0.1) is 0 Å². The molecule has 4 heteroatoms. The van der Waals surface area contributed by atoms with Gasteiger partial charge in [-0.05, 0) is 40.1 Å². The third-order valence-electron chi connectivity index (χ3n) is 7.24. The highest BCUT2D eigenvalue weighted by atomic mass is 16.5. The zero-order chi connectivity index (χ0) is 26.8. The van der Waals surface area contributed by atoms with Gasteiger partial charge >= 0.3 is 0 Å². The zero-order valence-electron chi connectivity index (χ0n) is 21.4. The molecule has 0 unspecified atom stereocenters. The van der Waals surface area contributed by atoms with E-state index in [0.29, 0.717) is 28.0 Å². The van der Waals surface area contributed by atoms with Crippen molar-refractivity contribution in [2.24, 2.45) is 0 Å². The minimum Gasteiger partial charge on any atom is -0.497 e. The molecule has 0 N–H and O–H groups in total. The van der Waals surface area contributed by atoms with Gasteiger partial charge in [-0.2, -0.15) is 0 Å². The second kappa shape index (κ2) is 10.2. The fraction of sp³-hybridized carbons (Fsp3) is 0.0857. The number of fused-ring (bicyclic) bond motifs is 1. The van der Waals surface area contributed by atoms with Gasteiger partial charge in [0.05, 0.1) is 7.11 Å². The lowest BCUT2D eigenvalue weighted by molar-refractivity contribution is 0.000786. The third kappa shape index (κ3) is 4.25. The molecule has 190 valence electrons. The van der Waals surface area contributed by atoms with E-state index in [4.69, 9.17) is 9.47 Å². The van der Waals surface area contributed by atoms with Crippen LogP contribution in [-0.4, -0.2) is 24.3 Å². The Morgan fingerprint density at radius 3 is 1.85 bits per heavy atom. The summed E-state index contributed by atoms with van der Waals surface area (Å²) in [4.78, 5) is 29.0. The summed E-state index contributed by atoms with van der Waals surface area (Å²) in [6, 6.07) is 39.2. The van der Waals surface area contributed by atoms with Crippen LogP contribution in [-0.2, 0) is 4.74 Å². The molecule has 1 heterocycles. The van der Waals surface area contributed by atoms with Gasteiger partial charge in [0, 0.05) is 16.7 Å². The Bertz CT molecular complexity index is 1630. The molecule has 1 aliphatic heterocycles. The molecule has 39 heavy (non-hydrogen) atoms. The van der Waals surface area contributed by atoms with Crippen molar-refractivity contribution in [1.29, 1.82) is 0 Å². The predicted octanol–water partition coefficient (Wildman–Crippen LogP) is 7.51. The number of ketones is 2. The van der Waals surface area contributed by atoms with Crippen LogP contribution in [0.1, 0.15) is 37.9 Å². The van der Waals surface area contributed by atoms with Gasteiger partial charge in [-0.3, -0.25) is 9.59 Å². The van der Waals surface area contributed by atoms with Gasteiger partial charge in [0.1, 0.15) is 11.9 Å². The SMILES string of the molecule is COc1ccc(C2=C[C@H](c3cccc4ccccc34)OC2(C(=O)c2ccccc2)C(=O)c2ccccc2)cc1. The molecule has 0 radical (unpaired) electrons. The van der Waals surface area contributed by atoms with Gasteiger partial charge in [0.15, 0.2) is 0 Å². The van der Waals surface area contributed by atoms with Crippen molar-refractivity contribution in [3.05, 3.63) is 156 Å². The van der Waals surface area contributed by atoms with E-state index in [1.165, 1.54) is 0 Å². The van der Waals surface area contributed by atoms with E-state index < -0.39 is 23.3 Å². The monoisotopic (exact) mass is 510 g/mol. The number of methoxy groups -OCH3 is 1. The molecule has 5 aromatic rings. The molecular weight excluding hydrogens is 484 g/mol. The van der Waals surface area contributed by atoms with Gasteiger partial charge in [0.25, 0.3) is 0 Å². The number of rotatable bonds is 7. The molecule has 0 aliphatic carbocycles. The van der Waals surface area contributed by atoms with Crippen molar-refractivity contribution in [2.75, 3.05) is 7.11 Å². The van der Waals surface area contributed by atoms with E-state index >= 15 is 0 Å². The van der Waals surface area contributed by atoms with Gasteiger partial charge in [0.2, 0.25) is 17.2 Å². The van der Waals surface area contributed by atoms with Crippen LogP contribution in [0.25, 0.3) is 16.3 Å². The molecule has 0 aromatic heterocycles. The maximum atomic E-state index is 14.5. The second-order valence-electron chi connectivity index (χ2n) is 9.49. The number of carbonyl (C=O) groups is 2. The van der Waals surface area contributed by atoms with Crippen molar-refractivity contribution in [1.82, 2.24) is 0 Å². The van der Waals surface area contributed by atoms with Crippen LogP contribution in [0.5, 0.6) is 5.75 Å². The number of carbonyl (C=O) groups excluding carboxylic acids is 2. The lowest BCUT2D eigenvalue weighted by Gasteiger charge is -2.31. The lowest BCUT2D eigenvalue weighted by atomic mass is 9.77. The quantitative estimate of drug-likeness (QED) is 0.168. The van der Waals surface area contributed by atoms with Gasteiger partial charge in [-0.1, -0.05) is 115 Å². The number of hydrogen-bond donors (Lipinski definition) is 0. The smallest absolute Gasteiger partial charge is 0.220 e. The first-order valence-corrected chi connectivity index (χ1v) is 12.8. The normalized spacial score (nSPS) is 16.0. The summed E-state index contributed by atoms with van der Waals surface area (Å²) >= 11 is 0. The fourth-order valence-electron chi connectivity index (χ4n) is 5.32. The van der Waals surface area contributed by atoms with Crippen LogP contribution < -0.4 is 4.74 Å². The van der Waals surface area contributed by atoms with Crippen LogP contribution >= 0.6 is 0 Å². The Balaban J connectivity index is 1.61. The summed E-state index contributed by atoms with van der Waals surface area (Å²) in [7, 11) is 1.60. The second-order valence-corrected chi connectivity index (χ2v) is 9.49. The molecule has 6 rings (SSSR count). The molecule has 1 atom stereocenters. The number of ether oxygens (including phenoxy) is 2. The Hall–Kier alpha value is -4.80. The van der Waals surface area contributed by atoms with Crippen molar-refractivity contribution < 1.29 is 19.1 Å². The zero-order valence-corrected chi connectivity index (χ0v) is 21.4. The van der Waals surface area contributed by atoms with E-state index in [0.717, 1.165) is 16.3 Å². The van der Waals surface area contributed by atoms with Crippen molar-refractivity contribution in [3.63, 3.8) is 0 Å². The Kier molecular flexibility index (Phi) is 6.39. The summed E-state index contributed by atoms with van der Waals surface area (Å²) in [5, 5.41) is 2.06. The first kappa shape index (κ1) is 24.5. The first-order chi connectivity index (χ1) is 19.1. The number of benzene rings is 5. The Morgan fingerprint density at radius 2 is 1.23 bits per heavy atom. The summed E-state index contributed by atoms with van der Waals surface area (Å²) in [6.07, 6.45) is 1.29. The van der Waals surface area contributed by atoms with Gasteiger partial charge < -0.3 is 9.47 Å². The summed E-state index contributed by atoms with van der Waals surface area (Å²) in [5.41, 5.74) is 1.04. The first-order valence-electron chi connectivity index (χ1n) is 12.8.